The lowest BCUT2D eigenvalue weighted by Crippen LogP contribution is -2.16. The Morgan fingerprint density at radius 2 is 1.92 bits per heavy atom. The number of rotatable bonds is 5. The molecule has 2 aromatic carbocycles. The number of nitrogens with zero attached hydrogens (tertiary/aromatic N) is 3. The highest BCUT2D eigenvalue weighted by Gasteiger charge is 2.15. The van der Waals surface area contributed by atoms with Gasteiger partial charge in [-0.05, 0) is 36.8 Å². The zero-order valence-corrected chi connectivity index (χ0v) is 15.8. The van der Waals surface area contributed by atoms with Crippen LogP contribution in [0, 0.1) is 6.92 Å². The lowest BCUT2D eigenvalue weighted by atomic mass is 10.1. The summed E-state index contributed by atoms with van der Waals surface area (Å²) in [6.07, 6.45) is 0. The molecule has 3 rings (SSSR count). The first-order valence-corrected chi connectivity index (χ1v) is 9.27. The van der Waals surface area contributed by atoms with Crippen LogP contribution in [0.2, 0.25) is 0 Å². The molecule has 3 N–H and O–H groups in total. The van der Waals surface area contributed by atoms with Crippen LogP contribution >= 0.6 is 27.7 Å². The Morgan fingerprint density at radius 3 is 2.64 bits per heavy atom. The number of amides is 1. The number of halogens is 1. The van der Waals surface area contributed by atoms with Crippen LogP contribution in [0.3, 0.4) is 0 Å². The summed E-state index contributed by atoms with van der Waals surface area (Å²) in [5.74, 6) is 6.73. The summed E-state index contributed by atoms with van der Waals surface area (Å²) in [6.45, 7) is 1.99. The van der Waals surface area contributed by atoms with Crippen molar-refractivity contribution in [2.75, 3.05) is 16.9 Å². The van der Waals surface area contributed by atoms with E-state index in [0.29, 0.717) is 11.0 Å². The van der Waals surface area contributed by atoms with Crippen LogP contribution in [0.4, 0.5) is 5.69 Å². The summed E-state index contributed by atoms with van der Waals surface area (Å²) >= 11 is 4.60. The minimum absolute atomic E-state index is 0.132. The second-order valence-electron chi connectivity index (χ2n) is 5.33. The van der Waals surface area contributed by atoms with Crippen molar-refractivity contribution in [3.8, 4) is 11.4 Å². The van der Waals surface area contributed by atoms with Crippen molar-refractivity contribution in [2.24, 2.45) is 0 Å². The number of nitrogens with one attached hydrogen (secondary N) is 1. The van der Waals surface area contributed by atoms with Crippen LogP contribution < -0.4 is 11.2 Å². The molecule has 1 aromatic heterocycles. The van der Waals surface area contributed by atoms with E-state index in [-0.39, 0.29) is 11.7 Å². The summed E-state index contributed by atoms with van der Waals surface area (Å²) in [4.78, 5) is 12.1. The van der Waals surface area contributed by atoms with Gasteiger partial charge in [-0.2, -0.15) is 0 Å². The molecular formula is C17H16BrN5OS. The Kier molecular flexibility index (Phi) is 5.40. The lowest BCUT2D eigenvalue weighted by Gasteiger charge is -2.07. The van der Waals surface area contributed by atoms with E-state index in [4.69, 9.17) is 5.84 Å². The molecule has 25 heavy (non-hydrogen) atoms. The molecule has 128 valence electrons. The maximum atomic E-state index is 12.1. The maximum Gasteiger partial charge on any atom is 0.234 e. The van der Waals surface area contributed by atoms with Crippen molar-refractivity contribution < 1.29 is 4.79 Å². The molecule has 0 unspecified atom stereocenters. The molecule has 0 aliphatic heterocycles. The molecular weight excluding hydrogens is 402 g/mol. The topological polar surface area (TPSA) is 85.8 Å². The number of hydrogen-bond donors (Lipinski definition) is 2. The summed E-state index contributed by atoms with van der Waals surface area (Å²) in [7, 11) is 0. The zero-order valence-electron chi connectivity index (χ0n) is 13.4. The number of carbonyl (C=O) groups excluding carboxylic acids is 1. The first kappa shape index (κ1) is 17.5. The van der Waals surface area contributed by atoms with Gasteiger partial charge in [0.25, 0.3) is 0 Å². The zero-order chi connectivity index (χ0) is 17.8. The van der Waals surface area contributed by atoms with Crippen LogP contribution in [0.1, 0.15) is 5.56 Å². The Morgan fingerprint density at radius 1 is 1.20 bits per heavy atom. The molecule has 0 atom stereocenters. The van der Waals surface area contributed by atoms with Gasteiger partial charge in [-0.25, -0.2) is 4.68 Å². The number of hydrogen-bond acceptors (Lipinski definition) is 5. The number of aromatic nitrogens is 3. The second-order valence-corrected chi connectivity index (χ2v) is 7.19. The molecule has 0 saturated heterocycles. The number of nitrogen functional groups attached to an aromatic ring is 1. The molecule has 3 aromatic rings. The van der Waals surface area contributed by atoms with E-state index < -0.39 is 0 Å². The highest BCUT2D eigenvalue weighted by atomic mass is 79.9. The Bertz CT molecular complexity index is 894. The highest BCUT2D eigenvalue weighted by Crippen LogP contribution is 2.24. The average Bonchev–Trinajstić information content (AvgIpc) is 2.96. The van der Waals surface area contributed by atoms with Crippen molar-refractivity contribution in [3.63, 3.8) is 0 Å². The second kappa shape index (κ2) is 7.71. The number of nitrogens with two attached hydrogens (primary N) is 1. The number of carbonyl (C=O) groups is 1. The van der Waals surface area contributed by atoms with Gasteiger partial charge in [0.1, 0.15) is 0 Å². The smallest absolute Gasteiger partial charge is 0.234 e. The summed E-state index contributed by atoms with van der Waals surface area (Å²) in [6, 6.07) is 15.2. The molecule has 0 saturated carbocycles. The summed E-state index contributed by atoms with van der Waals surface area (Å²) in [5.41, 5.74) is 2.72. The summed E-state index contributed by atoms with van der Waals surface area (Å²) in [5, 5.41) is 11.6. The van der Waals surface area contributed by atoms with E-state index in [1.807, 2.05) is 55.5 Å². The van der Waals surface area contributed by atoms with E-state index in [0.717, 1.165) is 21.3 Å². The van der Waals surface area contributed by atoms with Gasteiger partial charge in [-0.1, -0.05) is 52.0 Å². The van der Waals surface area contributed by atoms with Crippen molar-refractivity contribution >= 4 is 39.3 Å². The third kappa shape index (κ3) is 4.21. The van der Waals surface area contributed by atoms with Crippen molar-refractivity contribution in [1.29, 1.82) is 0 Å². The normalized spacial score (nSPS) is 10.6. The van der Waals surface area contributed by atoms with Gasteiger partial charge >= 0.3 is 0 Å². The maximum absolute atomic E-state index is 12.1. The third-order valence-electron chi connectivity index (χ3n) is 3.51. The molecule has 0 fully saturated rings. The van der Waals surface area contributed by atoms with Crippen LogP contribution in [-0.2, 0) is 4.79 Å². The van der Waals surface area contributed by atoms with Crippen molar-refractivity contribution in [1.82, 2.24) is 14.9 Å². The predicted octanol–water partition coefficient (Wildman–Crippen LogP) is 3.46. The number of benzene rings is 2. The van der Waals surface area contributed by atoms with Gasteiger partial charge in [-0.3, -0.25) is 4.79 Å². The molecule has 1 heterocycles. The van der Waals surface area contributed by atoms with E-state index in [1.54, 1.807) is 0 Å². The first-order chi connectivity index (χ1) is 12.0. The lowest BCUT2D eigenvalue weighted by molar-refractivity contribution is -0.113. The van der Waals surface area contributed by atoms with Gasteiger partial charge < -0.3 is 11.2 Å². The van der Waals surface area contributed by atoms with Gasteiger partial charge in [0, 0.05) is 15.7 Å². The van der Waals surface area contributed by atoms with Crippen LogP contribution in [-0.4, -0.2) is 26.5 Å². The molecule has 0 spiro atoms. The number of anilines is 1. The van der Waals surface area contributed by atoms with Gasteiger partial charge in [0.15, 0.2) is 5.82 Å². The Balaban J connectivity index is 1.65. The fourth-order valence-corrected chi connectivity index (χ4v) is 3.16. The number of aryl methyl sites for hydroxylation is 1. The summed E-state index contributed by atoms with van der Waals surface area (Å²) < 4.78 is 2.37. The molecule has 8 heteroatoms. The molecule has 0 radical (unpaired) electrons. The van der Waals surface area contributed by atoms with Crippen LogP contribution in [0.25, 0.3) is 11.4 Å². The van der Waals surface area contributed by atoms with Gasteiger partial charge in [0.2, 0.25) is 11.1 Å². The van der Waals surface area contributed by atoms with Gasteiger partial charge in [-0.15, -0.1) is 10.2 Å². The molecule has 0 aliphatic carbocycles. The van der Waals surface area contributed by atoms with Crippen LogP contribution in [0.5, 0.6) is 0 Å². The quantitative estimate of drug-likeness (QED) is 0.490. The number of thioether (sulfide) groups is 1. The highest BCUT2D eigenvalue weighted by molar-refractivity contribution is 9.10. The molecule has 1 amide bonds. The van der Waals surface area contributed by atoms with Crippen LogP contribution in [0.15, 0.2) is 58.2 Å². The van der Waals surface area contributed by atoms with Crippen molar-refractivity contribution in [2.45, 2.75) is 12.1 Å². The predicted molar refractivity (Wildman–Crippen MR) is 104 cm³/mol. The van der Waals surface area contributed by atoms with Gasteiger partial charge in [0.05, 0.1) is 5.75 Å². The Labute approximate surface area is 157 Å². The fraction of sp³-hybridized carbons (Fsp3) is 0.118. The largest absolute Gasteiger partial charge is 0.335 e. The van der Waals surface area contributed by atoms with E-state index >= 15 is 0 Å². The minimum atomic E-state index is -0.132. The molecule has 0 bridgehead atoms. The molecule has 0 aliphatic rings. The average molecular weight is 418 g/mol. The first-order valence-electron chi connectivity index (χ1n) is 7.49. The van der Waals surface area contributed by atoms with E-state index in [1.165, 1.54) is 16.4 Å². The Hall–Kier alpha value is -2.32. The minimum Gasteiger partial charge on any atom is -0.335 e. The molecule has 6 nitrogen and oxygen atoms in total. The van der Waals surface area contributed by atoms with E-state index in [2.05, 4.69) is 31.4 Å². The fourth-order valence-electron chi connectivity index (χ4n) is 2.24. The standard InChI is InChI=1S/C17H16BrN5OS/c1-11-4-2-3-5-14(11)16-21-22-17(23(16)19)25-10-15(24)20-13-8-6-12(18)7-9-13/h2-9H,10,19H2,1H3,(H,20,24). The van der Waals surface area contributed by atoms with Crippen molar-refractivity contribution in [3.05, 3.63) is 58.6 Å². The third-order valence-corrected chi connectivity index (χ3v) is 4.98. The monoisotopic (exact) mass is 417 g/mol. The van der Waals surface area contributed by atoms with E-state index in [9.17, 15) is 4.79 Å². The SMILES string of the molecule is Cc1ccccc1-c1nnc(SCC(=O)Nc2ccc(Br)cc2)n1N.